The molecule has 0 spiro atoms. The summed E-state index contributed by atoms with van der Waals surface area (Å²) in [6.07, 6.45) is 8.00. The second kappa shape index (κ2) is 6.27. The predicted molar refractivity (Wildman–Crippen MR) is 84.8 cm³/mol. The van der Waals surface area contributed by atoms with E-state index in [0.29, 0.717) is 6.04 Å². The summed E-state index contributed by atoms with van der Waals surface area (Å²) in [5.41, 5.74) is 2.81. The average molecular weight is 323 g/mol. The summed E-state index contributed by atoms with van der Waals surface area (Å²) in [7, 11) is 0. The molecule has 2 saturated heterocycles. The van der Waals surface area contributed by atoms with Crippen LogP contribution in [0.2, 0.25) is 0 Å². The van der Waals surface area contributed by atoms with E-state index >= 15 is 0 Å². The molecule has 0 saturated carbocycles. The third-order valence-corrected chi connectivity index (χ3v) is 5.02. The molecule has 3 heteroatoms. The van der Waals surface area contributed by atoms with Gasteiger partial charge in [-0.1, -0.05) is 12.5 Å². The van der Waals surface area contributed by atoms with Gasteiger partial charge in [-0.05, 0) is 72.3 Å². The Hall–Kier alpha value is -0.540. The SMILES string of the molecule is Brc1cc(C2CCCCN2)ccc1N1CCCCC1. The molecule has 2 fully saturated rings. The monoisotopic (exact) mass is 322 g/mol. The minimum Gasteiger partial charge on any atom is -0.371 e. The maximum absolute atomic E-state index is 3.78. The molecule has 3 rings (SSSR count). The van der Waals surface area contributed by atoms with E-state index in [1.807, 2.05) is 0 Å². The van der Waals surface area contributed by atoms with Gasteiger partial charge in [-0.3, -0.25) is 0 Å². The van der Waals surface area contributed by atoms with Gasteiger partial charge in [-0.2, -0.15) is 0 Å². The van der Waals surface area contributed by atoms with Gasteiger partial charge in [0.25, 0.3) is 0 Å². The molecule has 0 radical (unpaired) electrons. The van der Waals surface area contributed by atoms with E-state index in [9.17, 15) is 0 Å². The Labute approximate surface area is 124 Å². The lowest BCUT2D eigenvalue weighted by Crippen LogP contribution is -2.30. The molecule has 1 aromatic rings. The zero-order chi connectivity index (χ0) is 13.1. The van der Waals surface area contributed by atoms with Crippen molar-refractivity contribution in [2.75, 3.05) is 24.5 Å². The maximum atomic E-state index is 3.78. The Kier molecular flexibility index (Phi) is 4.44. The van der Waals surface area contributed by atoms with Crippen LogP contribution in [0.4, 0.5) is 5.69 Å². The first-order valence-corrected chi connectivity index (χ1v) is 8.42. The van der Waals surface area contributed by atoms with Gasteiger partial charge in [-0.25, -0.2) is 0 Å². The molecule has 104 valence electrons. The molecular weight excluding hydrogens is 300 g/mol. The number of benzene rings is 1. The molecule has 2 aliphatic heterocycles. The summed E-state index contributed by atoms with van der Waals surface area (Å²) >= 11 is 3.78. The topological polar surface area (TPSA) is 15.3 Å². The summed E-state index contributed by atoms with van der Waals surface area (Å²) < 4.78 is 1.26. The molecule has 1 aromatic carbocycles. The standard InChI is InChI=1S/C16H23BrN2/c17-14-12-13(15-6-2-3-9-18-15)7-8-16(14)19-10-4-1-5-11-19/h7-8,12,15,18H,1-6,9-11H2. The number of piperidine rings is 2. The van der Waals surface area contributed by atoms with Crippen LogP contribution in [0.25, 0.3) is 0 Å². The summed E-state index contributed by atoms with van der Waals surface area (Å²) in [6.45, 7) is 3.58. The van der Waals surface area contributed by atoms with Crippen LogP contribution in [-0.4, -0.2) is 19.6 Å². The number of anilines is 1. The zero-order valence-corrected chi connectivity index (χ0v) is 13.1. The second-order valence-corrected chi connectivity index (χ2v) is 6.62. The third-order valence-electron chi connectivity index (χ3n) is 4.38. The number of nitrogens with zero attached hydrogens (tertiary/aromatic N) is 1. The van der Waals surface area contributed by atoms with Crippen molar-refractivity contribution in [1.82, 2.24) is 5.32 Å². The molecule has 1 N–H and O–H groups in total. The van der Waals surface area contributed by atoms with Crippen molar-refractivity contribution in [2.24, 2.45) is 0 Å². The first kappa shape index (κ1) is 13.4. The fourth-order valence-corrected chi connectivity index (χ4v) is 3.91. The summed E-state index contributed by atoms with van der Waals surface area (Å²) in [5.74, 6) is 0. The smallest absolute Gasteiger partial charge is 0.0510 e. The highest BCUT2D eigenvalue weighted by Gasteiger charge is 2.18. The van der Waals surface area contributed by atoms with Crippen LogP contribution in [0, 0.1) is 0 Å². The molecule has 19 heavy (non-hydrogen) atoms. The van der Waals surface area contributed by atoms with Crippen molar-refractivity contribution in [2.45, 2.75) is 44.6 Å². The van der Waals surface area contributed by atoms with Crippen molar-refractivity contribution in [3.63, 3.8) is 0 Å². The second-order valence-electron chi connectivity index (χ2n) is 5.76. The Balaban J connectivity index is 1.76. The van der Waals surface area contributed by atoms with Gasteiger partial charge < -0.3 is 10.2 Å². The summed E-state index contributed by atoms with van der Waals surface area (Å²) in [6, 6.07) is 7.51. The van der Waals surface area contributed by atoms with Gasteiger partial charge in [0.2, 0.25) is 0 Å². The first-order valence-electron chi connectivity index (χ1n) is 7.62. The highest BCUT2D eigenvalue weighted by atomic mass is 79.9. The lowest BCUT2D eigenvalue weighted by Gasteiger charge is -2.30. The Morgan fingerprint density at radius 1 is 1.05 bits per heavy atom. The van der Waals surface area contributed by atoms with Crippen LogP contribution in [0.1, 0.15) is 50.1 Å². The van der Waals surface area contributed by atoms with Crippen molar-refractivity contribution in [1.29, 1.82) is 0 Å². The van der Waals surface area contributed by atoms with Crippen LogP contribution < -0.4 is 10.2 Å². The van der Waals surface area contributed by atoms with Crippen LogP contribution in [0.3, 0.4) is 0 Å². The number of hydrogen-bond donors (Lipinski definition) is 1. The van der Waals surface area contributed by atoms with Crippen LogP contribution in [0.15, 0.2) is 22.7 Å². The number of nitrogens with one attached hydrogen (secondary N) is 1. The average Bonchev–Trinajstić information content (AvgIpc) is 2.49. The molecule has 0 bridgehead atoms. The molecular formula is C16H23BrN2. The fraction of sp³-hybridized carbons (Fsp3) is 0.625. The van der Waals surface area contributed by atoms with Gasteiger partial charge >= 0.3 is 0 Å². The normalized spacial score (nSPS) is 24.5. The molecule has 2 nitrogen and oxygen atoms in total. The quantitative estimate of drug-likeness (QED) is 0.875. The number of halogens is 1. The highest BCUT2D eigenvalue weighted by Crippen LogP contribution is 2.33. The van der Waals surface area contributed by atoms with E-state index in [0.717, 1.165) is 6.54 Å². The van der Waals surface area contributed by atoms with E-state index < -0.39 is 0 Å². The molecule has 0 aliphatic carbocycles. The van der Waals surface area contributed by atoms with Gasteiger partial charge in [0.05, 0.1) is 5.69 Å². The molecule has 1 unspecified atom stereocenters. The Morgan fingerprint density at radius 3 is 2.58 bits per heavy atom. The molecule has 2 aliphatic rings. The molecule has 1 atom stereocenters. The third kappa shape index (κ3) is 3.14. The molecule has 0 aromatic heterocycles. The van der Waals surface area contributed by atoms with Crippen molar-refractivity contribution >= 4 is 21.6 Å². The Morgan fingerprint density at radius 2 is 1.89 bits per heavy atom. The lowest BCUT2D eigenvalue weighted by molar-refractivity contribution is 0.412. The van der Waals surface area contributed by atoms with Gasteiger partial charge in [0.1, 0.15) is 0 Å². The van der Waals surface area contributed by atoms with E-state index in [2.05, 4.69) is 44.3 Å². The highest BCUT2D eigenvalue weighted by molar-refractivity contribution is 9.10. The summed E-state index contributed by atoms with van der Waals surface area (Å²) in [4.78, 5) is 2.52. The summed E-state index contributed by atoms with van der Waals surface area (Å²) in [5, 5.41) is 3.63. The number of rotatable bonds is 2. The maximum Gasteiger partial charge on any atom is 0.0510 e. The molecule has 0 amide bonds. The fourth-order valence-electron chi connectivity index (χ4n) is 3.27. The van der Waals surface area contributed by atoms with Crippen molar-refractivity contribution in [3.8, 4) is 0 Å². The zero-order valence-electron chi connectivity index (χ0n) is 11.5. The minimum absolute atomic E-state index is 0.556. The van der Waals surface area contributed by atoms with Crippen LogP contribution >= 0.6 is 15.9 Å². The Bertz CT molecular complexity index is 421. The number of hydrogen-bond acceptors (Lipinski definition) is 2. The predicted octanol–water partition coefficient (Wildman–Crippen LogP) is 4.25. The van der Waals surface area contributed by atoms with Crippen LogP contribution in [-0.2, 0) is 0 Å². The largest absolute Gasteiger partial charge is 0.371 e. The van der Waals surface area contributed by atoms with Gasteiger partial charge in [-0.15, -0.1) is 0 Å². The van der Waals surface area contributed by atoms with Gasteiger partial charge in [0, 0.05) is 23.6 Å². The van der Waals surface area contributed by atoms with E-state index in [1.54, 1.807) is 0 Å². The lowest BCUT2D eigenvalue weighted by atomic mass is 9.97. The van der Waals surface area contributed by atoms with E-state index in [-0.39, 0.29) is 0 Å². The first-order chi connectivity index (χ1) is 9.34. The van der Waals surface area contributed by atoms with E-state index in [1.165, 1.54) is 67.3 Å². The molecule has 2 heterocycles. The van der Waals surface area contributed by atoms with E-state index in [4.69, 9.17) is 0 Å². The minimum atomic E-state index is 0.556. The van der Waals surface area contributed by atoms with Crippen molar-refractivity contribution in [3.05, 3.63) is 28.2 Å². The van der Waals surface area contributed by atoms with Gasteiger partial charge in [0.15, 0.2) is 0 Å². The van der Waals surface area contributed by atoms with Crippen molar-refractivity contribution < 1.29 is 0 Å². The van der Waals surface area contributed by atoms with Crippen LogP contribution in [0.5, 0.6) is 0 Å².